The van der Waals surface area contributed by atoms with Crippen molar-refractivity contribution in [2.45, 2.75) is 51.7 Å². The summed E-state index contributed by atoms with van der Waals surface area (Å²) in [5.74, 6) is 1.18. The molecule has 0 spiro atoms. The fourth-order valence-corrected chi connectivity index (χ4v) is 5.34. The molecule has 2 heterocycles. The van der Waals surface area contributed by atoms with Gasteiger partial charge in [-0.3, -0.25) is 0 Å². The molecule has 1 saturated carbocycles. The number of rotatable bonds is 11. The molecule has 0 amide bonds. The van der Waals surface area contributed by atoms with E-state index in [0.717, 1.165) is 59.1 Å². The first-order valence-electron chi connectivity index (χ1n) is 11.7. The molecule has 9 heteroatoms. The van der Waals surface area contributed by atoms with Crippen LogP contribution in [0.4, 0.5) is 11.8 Å². The maximum absolute atomic E-state index is 10.3. The molecule has 2 aromatic heterocycles. The van der Waals surface area contributed by atoms with Crippen LogP contribution in [0, 0.1) is 12.8 Å². The normalized spacial score (nSPS) is 20.4. The highest BCUT2D eigenvalue weighted by Gasteiger charge is 2.33. The van der Waals surface area contributed by atoms with Crippen LogP contribution in [0.15, 0.2) is 24.3 Å². The van der Waals surface area contributed by atoms with E-state index in [-0.39, 0.29) is 18.6 Å². The van der Waals surface area contributed by atoms with Gasteiger partial charge in [0, 0.05) is 38.3 Å². The van der Waals surface area contributed by atoms with Crippen LogP contribution in [0.2, 0.25) is 0 Å². The molecule has 3 atom stereocenters. The first-order chi connectivity index (χ1) is 16.1. The number of hydrogen-bond acceptors (Lipinski definition) is 9. The summed E-state index contributed by atoms with van der Waals surface area (Å²) in [6.45, 7) is 6.24. The van der Waals surface area contributed by atoms with Gasteiger partial charge in [0.1, 0.15) is 10.8 Å². The van der Waals surface area contributed by atoms with E-state index in [1.54, 1.807) is 11.3 Å². The van der Waals surface area contributed by atoms with Gasteiger partial charge in [-0.2, -0.15) is 4.98 Å². The molecule has 1 aromatic carbocycles. The highest BCUT2D eigenvalue weighted by Crippen LogP contribution is 2.37. The standard InChI is InChI=1S/C24H33N5O3S/c1-3-32-11-7-6-10-25-24-26-15(2)21(23-28-18-8-4-5-9-20(18)33-23)22(29-24)27-17-12-16(14-30)19(31)13-17/h4-5,8-9,16-17,19,30-31H,3,6-7,10-14H2,1-2H3,(H2,25,26,27,29)/t16-,17-,19+/m1/s1. The van der Waals surface area contributed by atoms with Crippen molar-refractivity contribution in [2.24, 2.45) is 5.92 Å². The Morgan fingerprint density at radius 2 is 2.00 bits per heavy atom. The largest absolute Gasteiger partial charge is 0.396 e. The molecule has 178 valence electrons. The smallest absolute Gasteiger partial charge is 0.224 e. The topological polar surface area (TPSA) is 112 Å². The molecule has 0 bridgehead atoms. The van der Waals surface area contributed by atoms with Crippen molar-refractivity contribution in [1.29, 1.82) is 0 Å². The highest BCUT2D eigenvalue weighted by atomic mass is 32.1. The summed E-state index contributed by atoms with van der Waals surface area (Å²) in [6.07, 6.45) is 2.72. The second-order valence-corrected chi connectivity index (χ2v) is 9.53. The third kappa shape index (κ3) is 5.78. The third-order valence-corrected chi connectivity index (χ3v) is 7.09. The number of hydrogen-bond donors (Lipinski definition) is 4. The monoisotopic (exact) mass is 471 g/mol. The highest BCUT2D eigenvalue weighted by molar-refractivity contribution is 7.21. The minimum atomic E-state index is -0.510. The number of unbranched alkanes of at least 4 members (excludes halogenated alkanes) is 1. The molecule has 0 radical (unpaired) electrons. The van der Waals surface area contributed by atoms with Crippen LogP contribution in [-0.4, -0.2) is 63.7 Å². The number of para-hydroxylation sites is 1. The molecule has 0 saturated heterocycles. The van der Waals surface area contributed by atoms with Gasteiger partial charge in [0.15, 0.2) is 0 Å². The summed E-state index contributed by atoms with van der Waals surface area (Å²) >= 11 is 1.62. The lowest BCUT2D eigenvalue weighted by atomic mass is 10.1. The van der Waals surface area contributed by atoms with E-state index >= 15 is 0 Å². The van der Waals surface area contributed by atoms with Crippen LogP contribution in [0.5, 0.6) is 0 Å². The minimum absolute atomic E-state index is 0.0125. The summed E-state index contributed by atoms with van der Waals surface area (Å²) in [7, 11) is 0. The molecule has 4 rings (SSSR count). The van der Waals surface area contributed by atoms with Gasteiger partial charge in [0.2, 0.25) is 5.95 Å². The summed E-state index contributed by atoms with van der Waals surface area (Å²) in [4.78, 5) is 14.4. The van der Waals surface area contributed by atoms with Crippen molar-refractivity contribution in [1.82, 2.24) is 15.0 Å². The van der Waals surface area contributed by atoms with Crippen LogP contribution in [0.1, 0.15) is 38.3 Å². The Morgan fingerprint density at radius 1 is 1.15 bits per heavy atom. The molecule has 4 N–H and O–H groups in total. The van der Waals surface area contributed by atoms with Crippen LogP contribution in [-0.2, 0) is 4.74 Å². The zero-order valence-corrected chi connectivity index (χ0v) is 20.1. The number of benzene rings is 1. The number of thiazole rings is 1. The minimum Gasteiger partial charge on any atom is -0.396 e. The number of nitrogens with one attached hydrogen (secondary N) is 2. The van der Waals surface area contributed by atoms with E-state index in [1.807, 2.05) is 32.0 Å². The summed E-state index contributed by atoms with van der Waals surface area (Å²) in [6, 6.07) is 8.11. The second kappa shape index (κ2) is 11.2. The van der Waals surface area contributed by atoms with Crippen LogP contribution < -0.4 is 10.6 Å². The Bertz CT molecular complexity index is 1030. The summed E-state index contributed by atoms with van der Waals surface area (Å²) < 4.78 is 6.52. The fraction of sp³-hybridized carbons (Fsp3) is 0.542. The van der Waals surface area contributed by atoms with Gasteiger partial charge >= 0.3 is 0 Å². The first-order valence-corrected chi connectivity index (χ1v) is 12.5. The molecule has 1 aliphatic carbocycles. The first kappa shape index (κ1) is 23.8. The molecule has 1 fully saturated rings. The molecule has 1 aliphatic rings. The number of fused-ring (bicyclic) bond motifs is 1. The van der Waals surface area contributed by atoms with Gasteiger partial charge in [-0.25, -0.2) is 9.97 Å². The number of aliphatic hydroxyl groups excluding tert-OH is 2. The van der Waals surface area contributed by atoms with Crippen molar-refractivity contribution in [2.75, 3.05) is 37.0 Å². The quantitative estimate of drug-likeness (QED) is 0.312. The lowest BCUT2D eigenvalue weighted by molar-refractivity contribution is 0.0908. The number of aryl methyl sites for hydroxylation is 1. The summed E-state index contributed by atoms with van der Waals surface area (Å²) in [5, 5.41) is 27.6. The predicted molar refractivity (Wildman–Crippen MR) is 133 cm³/mol. The van der Waals surface area contributed by atoms with Gasteiger partial charge in [-0.15, -0.1) is 11.3 Å². The number of aliphatic hydroxyl groups is 2. The Kier molecular flexibility index (Phi) is 8.08. The number of anilines is 2. The zero-order chi connectivity index (χ0) is 23.2. The number of nitrogens with zero attached hydrogens (tertiary/aromatic N) is 3. The molecule has 8 nitrogen and oxygen atoms in total. The van der Waals surface area contributed by atoms with Crippen molar-refractivity contribution in [3.63, 3.8) is 0 Å². The van der Waals surface area contributed by atoms with E-state index in [0.29, 0.717) is 24.6 Å². The van der Waals surface area contributed by atoms with Crippen molar-refractivity contribution in [3.05, 3.63) is 30.0 Å². The van der Waals surface area contributed by atoms with Gasteiger partial charge in [-0.05, 0) is 51.7 Å². The maximum atomic E-state index is 10.3. The van der Waals surface area contributed by atoms with Crippen LogP contribution in [0.25, 0.3) is 20.8 Å². The Morgan fingerprint density at radius 3 is 2.76 bits per heavy atom. The Balaban J connectivity index is 1.59. The Hall–Kier alpha value is -2.33. The molecule has 3 aromatic rings. The molecule has 0 unspecified atom stereocenters. The van der Waals surface area contributed by atoms with Crippen molar-refractivity contribution < 1.29 is 14.9 Å². The average Bonchev–Trinajstić information content (AvgIpc) is 3.38. The van der Waals surface area contributed by atoms with Gasteiger partial charge < -0.3 is 25.6 Å². The SMILES string of the molecule is CCOCCCCNc1nc(C)c(-c2nc3ccccc3s2)c(N[C@@H]2C[C@H](CO)[C@@H](O)C2)n1. The number of ether oxygens (including phenoxy) is 1. The fourth-order valence-electron chi connectivity index (χ4n) is 4.28. The van der Waals surface area contributed by atoms with Crippen molar-refractivity contribution in [3.8, 4) is 10.6 Å². The van der Waals surface area contributed by atoms with E-state index < -0.39 is 6.10 Å². The second-order valence-electron chi connectivity index (χ2n) is 8.50. The van der Waals surface area contributed by atoms with E-state index in [1.165, 1.54) is 0 Å². The molecule has 0 aliphatic heterocycles. The van der Waals surface area contributed by atoms with Gasteiger partial charge in [0.05, 0.1) is 27.6 Å². The van der Waals surface area contributed by atoms with Crippen LogP contribution >= 0.6 is 11.3 Å². The lowest BCUT2D eigenvalue weighted by Gasteiger charge is -2.18. The predicted octanol–water partition coefficient (Wildman–Crippen LogP) is 3.83. The van der Waals surface area contributed by atoms with E-state index in [4.69, 9.17) is 19.7 Å². The lowest BCUT2D eigenvalue weighted by Crippen LogP contribution is -2.19. The van der Waals surface area contributed by atoms with E-state index in [9.17, 15) is 10.2 Å². The molecular weight excluding hydrogens is 438 g/mol. The van der Waals surface area contributed by atoms with E-state index in [2.05, 4.69) is 16.7 Å². The average molecular weight is 472 g/mol. The summed E-state index contributed by atoms with van der Waals surface area (Å²) in [5.41, 5.74) is 2.69. The Labute approximate surface area is 198 Å². The van der Waals surface area contributed by atoms with Gasteiger partial charge in [0.25, 0.3) is 0 Å². The van der Waals surface area contributed by atoms with Crippen molar-refractivity contribution >= 4 is 33.3 Å². The number of aromatic nitrogens is 3. The molecule has 33 heavy (non-hydrogen) atoms. The maximum Gasteiger partial charge on any atom is 0.224 e. The zero-order valence-electron chi connectivity index (χ0n) is 19.3. The van der Waals surface area contributed by atoms with Crippen LogP contribution in [0.3, 0.4) is 0 Å². The third-order valence-electron chi connectivity index (χ3n) is 6.03. The van der Waals surface area contributed by atoms with Gasteiger partial charge in [-0.1, -0.05) is 12.1 Å². The molecular formula is C24H33N5O3S.